The van der Waals surface area contributed by atoms with Crippen molar-refractivity contribution in [3.8, 4) is 0 Å². The summed E-state index contributed by atoms with van der Waals surface area (Å²) in [5.74, 6) is 4.32. The van der Waals surface area contributed by atoms with E-state index < -0.39 is 0 Å². The van der Waals surface area contributed by atoms with E-state index in [0.717, 1.165) is 0 Å². The first-order valence-corrected chi connectivity index (χ1v) is 7.50. The van der Waals surface area contributed by atoms with E-state index in [1.807, 2.05) is 0 Å². The lowest BCUT2D eigenvalue weighted by Gasteiger charge is -2.23. The first-order valence-electron chi connectivity index (χ1n) is 7.50. The number of nitrogens with zero attached hydrogens (tertiary/aromatic N) is 1. The highest BCUT2D eigenvalue weighted by atomic mass is 15.4. The third kappa shape index (κ3) is 2.56. The minimum atomic E-state index is 1.18. The van der Waals surface area contributed by atoms with Crippen LogP contribution in [0.1, 0.15) is 38.9 Å². The highest BCUT2D eigenvalue weighted by Gasteiger charge is 2.17. The van der Waals surface area contributed by atoms with Crippen molar-refractivity contribution in [2.24, 2.45) is 0 Å². The van der Waals surface area contributed by atoms with Gasteiger partial charge in [-0.1, -0.05) is 6.07 Å². The molecule has 0 unspecified atom stereocenters. The zero-order valence-electron chi connectivity index (χ0n) is 14.4. The van der Waals surface area contributed by atoms with Crippen LogP contribution >= 0.6 is 0 Å². The summed E-state index contributed by atoms with van der Waals surface area (Å²) in [6.45, 7) is 15.3. The Kier molecular flexibility index (Phi) is 4.11. The summed E-state index contributed by atoms with van der Waals surface area (Å²) in [7, 11) is 0. The van der Waals surface area contributed by atoms with Gasteiger partial charge in [0.1, 0.15) is 0 Å². The molecule has 0 saturated carbocycles. The maximum Gasteiger partial charge on any atom is 0.0973 e. The Labute approximate surface area is 128 Å². The van der Waals surface area contributed by atoms with Gasteiger partial charge in [-0.05, 0) is 99.5 Å². The van der Waals surface area contributed by atoms with Crippen LogP contribution in [0.15, 0.2) is 18.2 Å². The van der Waals surface area contributed by atoms with Crippen LogP contribution in [0.3, 0.4) is 0 Å². The van der Waals surface area contributed by atoms with Gasteiger partial charge in [0.2, 0.25) is 0 Å². The van der Waals surface area contributed by atoms with Crippen LogP contribution in [0.4, 0.5) is 11.4 Å². The van der Waals surface area contributed by atoms with E-state index in [-0.39, 0.29) is 0 Å². The fourth-order valence-electron chi connectivity index (χ4n) is 2.84. The lowest BCUT2D eigenvalue weighted by atomic mass is 9.96. The molecular weight excluding hydrogens is 256 g/mol. The molecule has 0 spiro atoms. The fraction of sp³-hybridized carbons (Fsp3) is 0.368. The molecule has 0 aliphatic heterocycles. The third-order valence-corrected chi connectivity index (χ3v) is 5.06. The summed E-state index contributed by atoms with van der Waals surface area (Å²) in [6.07, 6.45) is 0. The van der Waals surface area contributed by atoms with Crippen LogP contribution in [-0.4, -0.2) is 0 Å². The SMILES string of the molecule is Cc1ccc(N([NH3+])c2cc(C)c(C)c(C)c2C)c(C)c1C. The van der Waals surface area contributed by atoms with Gasteiger partial charge in [0.25, 0.3) is 0 Å². The number of hydrogen-bond donors (Lipinski definition) is 1. The molecule has 0 atom stereocenters. The Morgan fingerprint density at radius 1 is 0.619 bits per heavy atom. The molecule has 0 amide bonds. The molecular formula is C19H27N2+. The summed E-state index contributed by atoms with van der Waals surface area (Å²) < 4.78 is 0. The lowest BCUT2D eigenvalue weighted by Crippen LogP contribution is -2.65. The van der Waals surface area contributed by atoms with Gasteiger partial charge in [0.05, 0.1) is 11.4 Å². The topological polar surface area (TPSA) is 30.9 Å². The van der Waals surface area contributed by atoms with Gasteiger partial charge in [-0.2, -0.15) is 5.01 Å². The number of aryl methyl sites for hydroxylation is 2. The fourth-order valence-corrected chi connectivity index (χ4v) is 2.84. The van der Waals surface area contributed by atoms with Crippen LogP contribution in [0.25, 0.3) is 0 Å². The molecule has 2 heteroatoms. The standard InChI is InChI=1S/C19H26N2/c1-11-8-9-18(16(6)13(11)3)21(20)19-10-12(2)14(4)15(5)17(19)7/h8-10H,20H2,1-7H3/p+1. The summed E-state index contributed by atoms with van der Waals surface area (Å²) in [5, 5.41) is 2.08. The normalized spacial score (nSPS) is 10.9. The average molecular weight is 283 g/mol. The summed E-state index contributed by atoms with van der Waals surface area (Å²) in [6, 6.07) is 6.60. The number of rotatable bonds is 2. The first-order chi connectivity index (χ1) is 9.75. The van der Waals surface area contributed by atoms with Crippen molar-refractivity contribution in [3.63, 3.8) is 0 Å². The average Bonchev–Trinajstić information content (AvgIpc) is 2.46. The number of benzene rings is 2. The van der Waals surface area contributed by atoms with Crippen LogP contribution < -0.4 is 10.9 Å². The number of anilines is 2. The maximum absolute atomic E-state index is 4.32. The minimum absolute atomic E-state index is 1.18. The molecule has 2 aromatic carbocycles. The molecule has 112 valence electrons. The summed E-state index contributed by atoms with van der Waals surface area (Å²) >= 11 is 0. The van der Waals surface area contributed by atoms with E-state index in [1.54, 1.807) is 0 Å². The van der Waals surface area contributed by atoms with Crippen molar-refractivity contribution < 1.29 is 5.84 Å². The van der Waals surface area contributed by atoms with E-state index in [2.05, 4.69) is 77.5 Å². The second-order valence-corrected chi connectivity index (χ2v) is 6.17. The molecule has 3 N–H and O–H groups in total. The second kappa shape index (κ2) is 5.53. The van der Waals surface area contributed by atoms with Crippen molar-refractivity contribution >= 4 is 11.4 Å². The molecule has 0 bridgehead atoms. The molecule has 0 fully saturated rings. The highest BCUT2D eigenvalue weighted by molar-refractivity contribution is 5.70. The molecule has 0 radical (unpaired) electrons. The molecule has 2 aromatic rings. The molecule has 2 nitrogen and oxygen atoms in total. The van der Waals surface area contributed by atoms with Crippen molar-refractivity contribution in [3.05, 3.63) is 57.1 Å². The van der Waals surface area contributed by atoms with Gasteiger partial charge in [0, 0.05) is 0 Å². The third-order valence-electron chi connectivity index (χ3n) is 5.06. The van der Waals surface area contributed by atoms with Gasteiger partial charge in [-0.25, -0.2) is 0 Å². The molecule has 0 aliphatic rings. The van der Waals surface area contributed by atoms with Crippen LogP contribution in [0.2, 0.25) is 0 Å². The quantitative estimate of drug-likeness (QED) is 0.825. The Morgan fingerprint density at radius 3 is 1.76 bits per heavy atom. The predicted molar refractivity (Wildman–Crippen MR) is 91.1 cm³/mol. The van der Waals surface area contributed by atoms with Crippen molar-refractivity contribution in [2.45, 2.75) is 48.5 Å². The smallest absolute Gasteiger partial charge is 0.0973 e. The number of hydrogen-bond acceptors (Lipinski definition) is 1. The van der Waals surface area contributed by atoms with Crippen molar-refractivity contribution in [1.82, 2.24) is 0 Å². The van der Waals surface area contributed by atoms with Gasteiger partial charge in [0.15, 0.2) is 0 Å². The van der Waals surface area contributed by atoms with E-state index in [9.17, 15) is 0 Å². The van der Waals surface area contributed by atoms with Crippen molar-refractivity contribution in [2.75, 3.05) is 5.01 Å². The largest absolute Gasteiger partial charge is 0.250 e. The maximum atomic E-state index is 4.32. The Morgan fingerprint density at radius 2 is 1.14 bits per heavy atom. The molecule has 21 heavy (non-hydrogen) atoms. The summed E-state index contributed by atoms with van der Waals surface area (Å²) in [5.41, 5.74) is 11.7. The van der Waals surface area contributed by atoms with Crippen LogP contribution in [0.5, 0.6) is 0 Å². The van der Waals surface area contributed by atoms with Crippen LogP contribution in [0, 0.1) is 48.5 Å². The number of quaternary nitrogens is 1. The highest BCUT2D eigenvalue weighted by Crippen LogP contribution is 2.33. The van der Waals surface area contributed by atoms with Gasteiger partial charge < -0.3 is 0 Å². The predicted octanol–water partition coefficient (Wildman–Crippen LogP) is 4.14. The molecule has 0 aliphatic carbocycles. The Hall–Kier alpha value is -1.80. The van der Waals surface area contributed by atoms with Gasteiger partial charge in [-0.3, -0.25) is 5.84 Å². The van der Waals surface area contributed by atoms with E-state index in [1.165, 1.54) is 50.3 Å². The molecule has 2 rings (SSSR count). The molecule has 0 saturated heterocycles. The van der Waals surface area contributed by atoms with Gasteiger partial charge >= 0.3 is 0 Å². The van der Waals surface area contributed by atoms with E-state index in [0.29, 0.717) is 0 Å². The zero-order chi connectivity index (χ0) is 15.9. The van der Waals surface area contributed by atoms with E-state index >= 15 is 0 Å². The van der Waals surface area contributed by atoms with Crippen molar-refractivity contribution in [1.29, 1.82) is 0 Å². The van der Waals surface area contributed by atoms with E-state index in [4.69, 9.17) is 0 Å². The lowest BCUT2D eigenvalue weighted by molar-refractivity contribution is -0.371. The minimum Gasteiger partial charge on any atom is -0.250 e. The zero-order valence-corrected chi connectivity index (χ0v) is 14.4. The molecule has 0 heterocycles. The first kappa shape index (κ1) is 15.6. The summed E-state index contributed by atoms with van der Waals surface area (Å²) in [4.78, 5) is 0. The Balaban J connectivity index is 2.61. The monoisotopic (exact) mass is 283 g/mol. The Bertz CT molecular complexity index is 699. The van der Waals surface area contributed by atoms with Gasteiger partial charge in [-0.15, -0.1) is 0 Å². The molecule has 0 aromatic heterocycles. The van der Waals surface area contributed by atoms with Crippen LogP contribution in [-0.2, 0) is 0 Å². The second-order valence-electron chi connectivity index (χ2n) is 6.17.